The number of amides is 1. The van der Waals surface area contributed by atoms with Crippen LogP contribution in [0.15, 0.2) is 89.5 Å². The van der Waals surface area contributed by atoms with Crippen molar-refractivity contribution in [1.82, 2.24) is 4.57 Å². The van der Waals surface area contributed by atoms with E-state index in [1.807, 2.05) is 95.7 Å². The minimum Gasteiger partial charge on any atom is -0.337 e. The number of nitriles is 1. The third kappa shape index (κ3) is 4.35. The predicted molar refractivity (Wildman–Crippen MR) is 125 cm³/mol. The molecule has 0 aliphatic carbocycles. The summed E-state index contributed by atoms with van der Waals surface area (Å²) in [4.78, 5) is 12.6. The highest BCUT2D eigenvalue weighted by Crippen LogP contribution is 2.27. The van der Waals surface area contributed by atoms with Crippen molar-refractivity contribution < 1.29 is 4.79 Å². The molecular formula is C25H18BrN3O. The highest BCUT2D eigenvalue weighted by Gasteiger charge is 2.11. The lowest BCUT2D eigenvalue weighted by molar-refractivity contribution is -0.116. The minimum absolute atomic E-state index is 0.107. The molecule has 0 radical (unpaired) electrons. The Balaban J connectivity index is 1.68. The van der Waals surface area contributed by atoms with Gasteiger partial charge in [-0.15, -0.1) is 0 Å². The number of carbonyl (C=O) groups is 1. The Hall–Kier alpha value is -3.62. The lowest BCUT2D eigenvalue weighted by Crippen LogP contribution is -2.18. The summed E-state index contributed by atoms with van der Waals surface area (Å²) < 4.78 is 2.83. The number of aromatic nitrogens is 1. The van der Waals surface area contributed by atoms with Crippen molar-refractivity contribution in [3.05, 3.63) is 101 Å². The van der Waals surface area contributed by atoms with Gasteiger partial charge in [-0.2, -0.15) is 5.26 Å². The molecule has 30 heavy (non-hydrogen) atoms. The Morgan fingerprint density at radius 3 is 2.57 bits per heavy atom. The fourth-order valence-corrected chi connectivity index (χ4v) is 3.79. The van der Waals surface area contributed by atoms with Crippen LogP contribution in [0.1, 0.15) is 11.1 Å². The van der Waals surface area contributed by atoms with Crippen LogP contribution in [0.25, 0.3) is 22.6 Å². The van der Waals surface area contributed by atoms with Gasteiger partial charge in [0, 0.05) is 32.8 Å². The highest BCUT2D eigenvalue weighted by molar-refractivity contribution is 9.10. The van der Waals surface area contributed by atoms with Gasteiger partial charge in [0.2, 0.25) is 5.91 Å². The van der Waals surface area contributed by atoms with Crippen molar-refractivity contribution in [1.29, 1.82) is 5.26 Å². The van der Waals surface area contributed by atoms with Gasteiger partial charge in [0.25, 0.3) is 0 Å². The molecule has 1 heterocycles. The van der Waals surface area contributed by atoms with Crippen molar-refractivity contribution in [2.75, 3.05) is 5.32 Å². The molecule has 0 fully saturated rings. The SMILES string of the molecule is N#C/C(=C\c1cn(CC(=O)Nc2ccccc2)c2ccccc12)c1cccc(Br)c1. The quantitative estimate of drug-likeness (QED) is 0.369. The molecule has 0 atom stereocenters. The molecule has 0 unspecified atom stereocenters. The van der Waals surface area contributed by atoms with Gasteiger partial charge >= 0.3 is 0 Å². The summed E-state index contributed by atoms with van der Waals surface area (Å²) in [5.74, 6) is -0.107. The first-order valence-corrected chi connectivity index (χ1v) is 10.2. The molecule has 4 rings (SSSR count). The van der Waals surface area contributed by atoms with E-state index in [0.717, 1.165) is 32.2 Å². The number of hydrogen-bond donors (Lipinski definition) is 1. The number of benzene rings is 3. The Morgan fingerprint density at radius 1 is 1.03 bits per heavy atom. The standard InChI is InChI=1S/C25H18BrN3O/c26-21-8-6-7-18(14-21)19(15-27)13-20-16-29(24-12-5-4-11-23(20)24)17-25(30)28-22-9-2-1-3-10-22/h1-14,16H,17H2,(H,28,30)/b19-13+. The monoisotopic (exact) mass is 455 g/mol. The average Bonchev–Trinajstić information content (AvgIpc) is 3.10. The van der Waals surface area contributed by atoms with Gasteiger partial charge in [-0.25, -0.2) is 0 Å². The number of nitrogens with zero attached hydrogens (tertiary/aromatic N) is 2. The van der Waals surface area contributed by atoms with Gasteiger partial charge in [-0.05, 0) is 42.0 Å². The van der Waals surface area contributed by atoms with Crippen molar-refractivity contribution in [3.63, 3.8) is 0 Å². The Bertz CT molecular complexity index is 1280. The second kappa shape index (κ2) is 8.81. The summed E-state index contributed by atoms with van der Waals surface area (Å²) in [5, 5.41) is 13.6. The third-order valence-electron chi connectivity index (χ3n) is 4.75. The number of rotatable bonds is 5. The molecule has 0 aliphatic rings. The minimum atomic E-state index is -0.107. The zero-order valence-corrected chi connectivity index (χ0v) is 17.6. The second-order valence-corrected chi connectivity index (χ2v) is 7.74. The number of nitrogens with one attached hydrogen (secondary N) is 1. The van der Waals surface area contributed by atoms with E-state index in [-0.39, 0.29) is 12.5 Å². The number of allylic oxidation sites excluding steroid dienone is 1. The third-order valence-corrected chi connectivity index (χ3v) is 5.24. The largest absolute Gasteiger partial charge is 0.337 e. The summed E-state index contributed by atoms with van der Waals surface area (Å²) in [7, 11) is 0. The van der Waals surface area contributed by atoms with Crippen LogP contribution in [0.3, 0.4) is 0 Å². The Kier molecular flexibility index (Phi) is 5.78. The molecule has 1 amide bonds. The van der Waals surface area contributed by atoms with E-state index >= 15 is 0 Å². The molecule has 5 heteroatoms. The van der Waals surface area contributed by atoms with Gasteiger partial charge in [0.1, 0.15) is 6.54 Å². The van der Waals surface area contributed by atoms with E-state index in [2.05, 4.69) is 27.3 Å². The first-order chi connectivity index (χ1) is 14.6. The molecule has 0 saturated carbocycles. The molecule has 1 N–H and O–H groups in total. The maximum absolute atomic E-state index is 12.6. The molecule has 0 aliphatic heterocycles. The van der Waals surface area contributed by atoms with E-state index in [4.69, 9.17) is 0 Å². The summed E-state index contributed by atoms with van der Waals surface area (Å²) in [6, 6.07) is 27.2. The number of para-hydroxylation sites is 2. The molecule has 0 bridgehead atoms. The van der Waals surface area contributed by atoms with Crippen LogP contribution in [0, 0.1) is 11.3 Å². The van der Waals surface area contributed by atoms with Crippen molar-refractivity contribution in [2.24, 2.45) is 0 Å². The number of anilines is 1. The van der Waals surface area contributed by atoms with E-state index in [0.29, 0.717) is 5.57 Å². The summed E-state index contributed by atoms with van der Waals surface area (Å²) in [5.41, 5.74) is 4.01. The Morgan fingerprint density at radius 2 is 1.80 bits per heavy atom. The lowest BCUT2D eigenvalue weighted by Gasteiger charge is -2.07. The molecule has 4 aromatic rings. The van der Waals surface area contributed by atoms with Crippen LogP contribution >= 0.6 is 15.9 Å². The van der Waals surface area contributed by atoms with Gasteiger partial charge < -0.3 is 9.88 Å². The first kappa shape index (κ1) is 19.7. The smallest absolute Gasteiger partial charge is 0.244 e. The van der Waals surface area contributed by atoms with E-state index in [1.165, 1.54) is 0 Å². The van der Waals surface area contributed by atoms with Crippen LogP contribution < -0.4 is 5.32 Å². The Labute approximate surface area is 183 Å². The number of fused-ring (bicyclic) bond motifs is 1. The molecule has 3 aromatic carbocycles. The molecule has 0 saturated heterocycles. The van der Waals surface area contributed by atoms with Gasteiger partial charge in [-0.1, -0.05) is 64.5 Å². The van der Waals surface area contributed by atoms with Crippen LogP contribution in [-0.2, 0) is 11.3 Å². The molecule has 0 spiro atoms. The molecule has 1 aromatic heterocycles. The normalized spacial score (nSPS) is 11.3. The average molecular weight is 456 g/mol. The molecule has 4 nitrogen and oxygen atoms in total. The van der Waals surface area contributed by atoms with E-state index < -0.39 is 0 Å². The number of halogens is 1. The number of carbonyl (C=O) groups excluding carboxylic acids is 1. The topological polar surface area (TPSA) is 57.8 Å². The first-order valence-electron chi connectivity index (χ1n) is 9.44. The highest BCUT2D eigenvalue weighted by atomic mass is 79.9. The van der Waals surface area contributed by atoms with E-state index in [9.17, 15) is 10.1 Å². The van der Waals surface area contributed by atoms with Crippen molar-refractivity contribution in [3.8, 4) is 6.07 Å². The summed E-state index contributed by atoms with van der Waals surface area (Å²) in [6.45, 7) is 0.183. The fourth-order valence-electron chi connectivity index (χ4n) is 3.39. The lowest BCUT2D eigenvalue weighted by atomic mass is 10.0. The van der Waals surface area contributed by atoms with Crippen molar-refractivity contribution >= 4 is 50.1 Å². The maximum Gasteiger partial charge on any atom is 0.244 e. The predicted octanol–water partition coefficient (Wildman–Crippen LogP) is 6.11. The molecule has 146 valence electrons. The van der Waals surface area contributed by atoms with Crippen LogP contribution in [0.4, 0.5) is 5.69 Å². The number of hydrogen-bond acceptors (Lipinski definition) is 2. The van der Waals surface area contributed by atoms with E-state index in [1.54, 1.807) is 0 Å². The van der Waals surface area contributed by atoms with Gasteiger partial charge in [-0.3, -0.25) is 4.79 Å². The van der Waals surface area contributed by atoms with Crippen LogP contribution in [0.2, 0.25) is 0 Å². The molecular weight excluding hydrogens is 438 g/mol. The van der Waals surface area contributed by atoms with Gasteiger partial charge in [0.15, 0.2) is 0 Å². The maximum atomic E-state index is 12.6. The van der Waals surface area contributed by atoms with Crippen LogP contribution in [0.5, 0.6) is 0 Å². The van der Waals surface area contributed by atoms with Crippen LogP contribution in [-0.4, -0.2) is 10.5 Å². The second-order valence-electron chi connectivity index (χ2n) is 6.82. The summed E-state index contributed by atoms with van der Waals surface area (Å²) >= 11 is 3.46. The zero-order chi connectivity index (χ0) is 20.9. The van der Waals surface area contributed by atoms with Crippen molar-refractivity contribution in [2.45, 2.75) is 6.54 Å². The zero-order valence-electron chi connectivity index (χ0n) is 16.0. The van der Waals surface area contributed by atoms with Gasteiger partial charge in [0.05, 0.1) is 11.6 Å². The summed E-state index contributed by atoms with van der Waals surface area (Å²) in [6.07, 6.45) is 3.79. The fraction of sp³-hybridized carbons (Fsp3) is 0.0400.